The summed E-state index contributed by atoms with van der Waals surface area (Å²) in [6, 6.07) is 2.07. The van der Waals surface area contributed by atoms with Crippen molar-refractivity contribution in [2.24, 2.45) is 0 Å². The molecule has 0 aliphatic heterocycles. The standard InChI is InChI=1S/C13H21FN2O4S/c1-9(2)20-6-5-16(3)21(17,18)10-7-11(14)13(19-4)12(15)8-10/h7-9H,5-6,15H2,1-4H3. The quantitative estimate of drug-likeness (QED) is 0.769. The summed E-state index contributed by atoms with van der Waals surface area (Å²) in [6.45, 7) is 4.12. The second kappa shape index (κ2) is 7.06. The molecule has 0 unspecified atom stereocenters. The van der Waals surface area contributed by atoms with Crippen LogP contribution in [0.5, 0.6) is 5.75 Å². The molecule has 0 spiro atoms. The fourth-order valence-corrected chi connectivity index (χ4v) is 2.87. The Morgan fingerprint density at radius 2 is 2.00 bits per heavy atom. The zero-order valence-corrected chi connectivity index (χ0v) is 13.4. The molecule has 8 heteroatoms. The maximum Gasteiger partial charge on any atom is 0.243 e. The molecule has 0 aromatic heterocycles. The van der Waals surface area contributed by atoms with Gasteiger partial charge in [-0.2, -0.15) is 4.31 Å². The summed E-state index contributed by atoms with van der Waals surface area (Å²) in [4.78, 5) is -0.217. The number of halogens is 1. The van der Waals surface area contributed by atoms with Crippen LogP contribution in [-0.4, -0.2) is 46.1 Å². The number of hydrogen-bond acceptors (Lipinski definition) is 5. The lowest BCUT2D eigenvalue weighted by atomic mass is 10.3. The van der Waals surface area contributed by atoms with Crippen LogP contribution >= 0.6 is 0 Å². The highest BCUT2D eigenvalue weighted by Crippen LogP contribution is 2.29. The molecule has 0 fully saturated rings. The lowest BCUT2D eigenvalue weighted by molar-refractivity contribution is 0.0737. The van der Waals surface area contributed by atoms with E-state index in [4.69, 9.17) is 15.2 Å². The number of nitrogen functional groups attached to an aromatic ring is 1. The van der Waals surface area contributed by atoms with Gasteiger partial charge in [0, 0.05) is 13.6 Å². The van der Waals surface area contributed by atoms with Crippen molar-refractivity contribution in [3.8, 4) is 5.75 Å². The highest BCUT2D eigenvalue weighted by atomic mass is 32.2. The van der Waals surface area contributed by atoms with Crippen molar-refractivity contribution in [3.63, 3.8) is 0 Å². The van der Waals surface area contributed by atoms with Crippen LogP contribution in [0.4, 0.5) is 10.1 Å². The van der Waals surface area contributed by atoms with Crippen molar-refractivity contribution in [1.29, 1.82) is 0 Å². The summed E-state index contributed by atoms with van der Waals surface area (Å²) in [7, 11) is -1.17. The summed E-state index contributed by atoms with van der Waals surface area (Å²) in [5.41, 5.74) is 5.53. The second-order valence-electron chi connectivity index (χ2n) is 4.77. The molecule has 0 bridgehead atoms. The van der Waals surface area contributed by atoms with Gasteiger partial charge in [-0.25, -0.2) is 12.8 Å². The molecular formula is C13H21FN2O4S. The molecular weight excluding hydrogens is 299 g/mol. The molecule has 1 aromatic rings. The van der Waals surface area contributed by atoms with Crippen LogP contribution in [0.15, 0.2) is 17.0 Å². The Kier molecular flexibility index (Phi) is 5.94. The average Bonchev–Trinajstić information content (AvgIpc) is 2.37. The zero-order chi connectivity index (χ0) is 16.2. The van der Waals surface area contributed by atoms with E-state index in [0.717, 1.165) is 10.4 Å². The molecule has 0 heterocycles. The number of ether oxygens (including phenoxy) is 2. The van der Waals surface area contributed by atoms with Crippen LogP contribution in [0.1, 0.15) is 13.8 Å². The maximum atomic E-state index is 13.8. The molecule has 1 rings (SSSR count). The molecule has 0 aliphatic carbocycles. The van der Waals surface area contributed by atoms with E-state index in [1.54, 1.807) is 0 Å². The lowest BCUT2D eigenvalue weighted by Crippen LogP contribution is -2.31. The van der Waals surface area contributed by atoms with Crippen LogP contribution in [0.2, 0.25) is 0 Å². The van der Waals surface area contributed by atoms with Gasteiger partial charge in [-0.15, -0.1) is 0 Å². The number of sulfonamides is 1. The van der Waals surface area contributed by atoms with E-state index < -0.39 is 15.8 Å². The maximum absolute atomic E-state index is 13.8. The van der Waals surface area contributed by atoms with Gasteiger partial charge in [0.05, 0.1) is 30.4 Å². The van der Waals surface area contributed by atoms with E-state index in [2.05, 4.69) is 0 Å². The van der Waals surface area contributed by atoms with Gasteiger partial charge < -0.3 is 15.2 Å². The molecule has 6 nitrogen and oxygen atoms in total. The van der Waals surface area contributed by atoms with Crippen LogP contribution in [0.3, 0.4) is 0 Å². The predicted octanol–water partition coefficient (Wildman–Crippen LogP) is 1.46. The SMILES string of the molecule is COc1c(N)cc(S(=O)(=O)N(C)CCOC(C)C)cc1F. The predicted molar refractivity (Wildman–Crippen MR) is 78.3 cm³/mol. The molecule has 21 heavy (non-hydrogen) atoms. The summed E-state index contributed by atoms with van der Waals surface area (Å²) >= 11 is 0. The highest BCUT2D eigenvalue weighted by molar-refractivity contribution is 7.89. The van der Waals surface area contributed by atoms with Gasteiger partial charge in [-0.3, -0.25) is 0 Å². The first-order chi connectivity index (χ1) is 9.70. The smallest absolute Gasteiger partial charge is 0.243 e. The van der Waals surface area contributed by atoms with Crippen molar-refractivity contribution in [2.75, 3.05) is 33.0 Å². The Bertz CT molecular complexity index is 567. The average molecular weight is 320 g/mol. The molecule has 0 saturated heterocycles. The summed E-state index contributed by atoms with van der Waals surface area (Å²) in [5, 5.41) is 0. The van der Waals surface area contributed by atoms with Gasteiger partial charge in [0.2, 0.25) is 10.0 Å². The van der Waals surface area contributed by atoms with Crippen molar-refractivity contribution < 1.29 is 22.3 Å². The Labute approximate surface area is 124 Å². The minimum atomic E-state index is -3.83. The first kappa shape index (κ1) is 17.7. The summed E-state index contributed by atoms with van der Waals surface area (Å²) in [6.07, 6.45) is 0.00943. The minimum absolute atomic E-state index is 0.00943. The number of hydrogen-bond donors (Lipinski definition) is 1. The molecule has 2 N–H and O–H groups in total. The van der Waals surface area contributed by atoms with Gasteiger partial charge in [-0.05, 0) is 26.0 Å². The fourth-order valence-electron chi connectivity index (χ4n) is 1.67. The van der Waals surface area contributed by atoms with Gasteiger partial charge in [0.25, 0.3) is 0 Å². The van der Waals surface area contributed by atoms with Gasteiger partial charge in [0.15, 0.2) is 11.6 Å². The Hall–Kier alpha value is -1.38. The summed E-state index contributed by atoms with van der Waals surface area (Å²) in [5.74, 6) is -0.984. The molecule has 1 aromatic carbocycles. The van der Waals surface area contributed by atoms with Crippen molar-refractivity contribution in [2.45, 2.75) is 24.8 Å². The number of rotatable bonds is 7. The number of likely N-dealkylation sites (N-methyl/N-ethyl adjacent to an activating group) is 1. The topological polar surface area (TPSA) is 81.9 Å². The first-order valence-corrected chi connectivity index (χ1v) is 7.85. The molecule has 0 amide bonds. The Morgan fingerprint density at radius 3 is 2.48 bits per heavy atom. The van der Waals surface area contributed by atoms with E-state index >= 15 is 0 Å². The van der Waals surface area contributed by atoms with Crippen LogP contribution in [0, 0.1) is 5.82 Å². The van der Waals surface area contributed by atoms with Crippen LogP contribution in [0.25, 0.3) is 0 Å². The third-order valence-electron chi connectivity index (χ3n) is 2.82. The number of methoxy groups -OCH3 is 1. The van der Waals surface area contributed by atoms with E-state index in [-0.39, 0.29) is 35.6 Å². The lowest BCUT2D eigenvalue weighted by Gasteiger charge is -2.19. The minimum Gasteiger partial charge on any atom is -0.492 e. The van der Waals surface area contributed by atoms with Gasteiger partial charge >= 0.3 is 0 Å². The zero-order valence-electron chi connectivity index (χ0n) is 12.6. The monoisotopic (exact) mass is 320 g/mol. The Morgan fingerprint density at radius 1 is 1.38 bits per heavy atom. The Balaban J connectivity index is 2.97. The van der Waals surface area contributed by atoms with E-state index in [1.807, 2.05) is 13.8 Å². The van der Waals surface area contributed by atoms with Crippen LogP contribution in [-0.2, 0) is 14.8 Å². The second-order valence-corrected chi connectivity index (χ2v) is 6.82. The van der Waals surface area contributed by atoms with Crippen molar-refractivity contribution in [3.05, 3.63) is 17.9 Å². The third-order valence-corrected chi connectivity index (χ3v) is 4.65. The van der Waals surface area contributed by atoms with E-state index in [1.165, 1.54) is 20.2 Å². The molecule has 0 aliphatic rings. The summed E-state index contributed by atoms with van der Waals surface area (Å²) < 4.78 is 49.6. The molecule has 120 valence electrons. The molecule has 0 saturated carbocycles. The number of anilines is 1. The van der Waals surface area contributed by atoms with E-state index in [9.17, 15) is 12.8 Å². The van der Waals surface area contributed by atoms with E-state index in [0.29, 0.717) is 0 Å². The number of benzene rings is 1. The van der Waals surface area contributed by atoms with Crippen LogP contribution < -0.4 is 10.5 Å². The normalized spacial score (nSPS) is 12.1. The van der Waals surface area contributed by atoms with Crippen molar-refractivity contribution in [1.82, 2.24) is 4.31 Å². The first-order valence-electron chi connectivity index (χ1n) is 6.41. The number of nitrogens with zero attached hydrogens (tertiary/aromatic N) is 1. The number of nitrogens with two attached hydrogens (primary N) is 1. The van der Waals surface area contributed by atoms with Gasteiger partial charge in [-0.1, -0.05) is 0 Å². The fraction of sp³-hybridized carbons (Fsp3) is 0.538. The van der Waals surface area contributed by atoms with Crippen molar-refractivity contribution >= 4 is 15.7 Å². The molecule has 0 atom stereocenters. The largest absolute Gasteiger partial charge is 0.492 e. The van der Waals surface area contributed by atoms with Gasteiger partial charge in [0.1, 0.15) is 0 Å². The third kappa shape index (κ3) is 4.29. The highest BCUT2D eigenvalue weighted by Gasteiger charge is 2.23. The molecule has 0 radical (unpaired) electrons.